The summed E-state index contributed by atoms with van der Waals surface area (Å²) < 4.78 is 33.5. The Hall–Kier alpha value is -2.19. The summed E-state index contributed by atoms with van der Waals surface area (Å²) in [7, 11) is -5.14. The third-order valence-corrected chi connectivity index (χ3v) is 12.2. The lowest BCUT2D eigenvalue weighted by Crippen LogP contribution is -2.64. The van der Waals surface area contributed by atoms with Crippen molar-refractivity contribution in [3.8, 4) is 0 Å². The molecular weight excluding hydrogens is 828 g/mol. The first-order valence-corrected chi connectivity index (χ1v) is 25.9. The zero-order valence-electron chi connectivity index (χ0n) is 38.9. The Balaban J connectivity index is 2.48. The zero-order chi connectivity index (χ0) is 46.4. The van der Waals surface area contributed by atoms with Crippen molar-refractivity contribution in [1.82, 2.24) is 0 Å². The highest BCUT2D eigenvalue weighted by Crippen LogP contribution is 2.47. The average Bonchev–Trinajstić information content (AvgIpc) is 3.26. The van der Waals surface area contributed by atoms with E-state index in [2.05, 4.69) is 44.2 Å². The molecular formula is C49H87O13P. The quantitative estimate of drug-likeness (QED) is 0.0147. The summed E-state index contributed by atoms with van der Waals surface area (Å²) in [5.74, 6) is -1.19. The molecule has 13 nitrogen and oxygen atoms in total. The number of allylic oxidation sites excluding steroid dienone is 8. The first kappa shape index (κ1) is 58.8. The van der Waals surface area contributed by atoms with Gasteiger partial charge in [-0.2, -0.15) is 0 Å². The highest BCUT2D eigenvalue weighted by molar-refractivity contribution is 7.47. The molecule has 8 atom stereocenters. The lowest BCUT2D eigenvalue weighted by molar-refractivity contribution is -0.220. The predicted octanol–water partition coefficient (Wildman–Crippen LogP) is 9.95. The fourth-order valence-electron chi connectivity index (χ4n) is 7.24. The first-order chi connectivity index (χ1) is 30.4. The summed E-state index contributed by atoms with van der Waals surface area (Å²) in [5, 5.41) is 50.2. The van der Waals surface area contributed by atoms with Crippen molar-refractivity contribution < 1.29 is 63.1 Å². The van der Waals surface area contributed by atoms with Crippen LogP contribution in [0.3, 0.4) is 0 Å². The number of phosphoric ester groups is 1. The number of carbonyl (C=O) groups excluding carboxylic acids is 2. The van der Waals surface area contributed by atoms with Crippen LogP contribution in [0.15, 0.2) is 48.6 Å². The fourth-order valence-corrected chi connectivity index (χ4v) is 8.21. The molecule has 0 aliphatic heterocycles. The molecule has 1 aliphatic carbocycles. The fraction of sp³-hybridized carbons (Fsp3) is 0.796. The Morgan fingerprint density at radius 2 is 0.889 bits per heavy atom. The van der Waals surface area contributed by atoms with Crippen LogP contribution in [0.25, 0.3) is 0 Å². The number of unbranched alkanes of at least 4 members (excludes halogenated alkanes) is 20. The van der Waals surface area contributed by atoms with E-state index in [4.69, 9.17) is 18.5 Å². The van der Waals surface area contributed by atoms with Gasteiger partial charge in [0, 0.05) is 12.8 Å². The maximum absolute atomic E-state index is 12.8. The number of hydrogen-bond acceptors (Lipinski definition) is 12. The summed E-state index contributed by atoms with van der Waals surface area (Å²) in [5.41, 5.74) is 0. The number of aliphatic hydroxyl groups excluding tert-OH is 5. The number of hydrogen-bond donors (Lipinski definition) is 6. The van der Waals surface area contributed by atoms with E-state index in [9.17, 15) is 44.6 Å². The van der Waals surface area contributed by atoms with Crippen molar-refractivity contribution >= 4 is 19.8 Å². The summed E-state index contributed by atoms with van der Waals surface area (Å²) in [4.78, 5) is 35.7. The highest BCUT2D eigenvalue weighted by atomic mass is 31.2. The molecule has 1 rings (SSSR count). The van der Waals surface area contributed by atoms with E-state index in [0.29, 0.717) is 19.3 Å². The van der Waals surface area contributed by atoms with Gasteiger partial charge < -0.3 is 39.9 Å². The van der Waals surface area contributed by atoms with Gasteiger partial charge in [0.25, 0.3) is 0 Å². The average molecular weight is 915 g/mol. The van der Waals surface area contributed by atoms with E-state index in [-0.39, 0.29) is 12.8 Å². The predicted molar refractivity (Wildman–Crippen MR) is 249 cm³/mol. The molecule has 0 radical (unpaired) electrons. The summed E-state index contributed by atoms with van der Waals surface area (Å²) in [6.07, 6.45) is 33.2. The molecule has 0 saturated heterocycles. The number of esters is 2. The Kier molecular flexibility index (Phi) is 36.4. The standard InChI is InChI=1S/C49H87O13P/c1-3-5-7-9-11-13-15-17-19-21-23-25-27-29-31-33-35-37-42(50)59-39-41(40-60-63(57,58)62-49-47(55)45(53)44(52)46(54)48(49)56)61-43(51)38-36-34-32-30-28-26-24-22-20-18-16-14-12-10-8-6-4-2/h14,16,20,22,26,28,32,34,41,44-49,52-56H,3-13,15,17-19,21,23-25,27,29-31,33,35-40H2,1-2H3,(H,57,58)/b16-14-,22-20-,28-26-,34-32-/t41?,44?,45-,46+,47-,48-,49?/m1/s1. The Morgan fingerprint density at radius 1 is 0.492 bits per heavy atom. The summed E-state index contributed by atoms with van der Waals surface area (Å²) >= 11 is 0. The van der Waals surface area contributed by atoms with Gasteiger partial charge in [-0.05, 0) is 44.9 Å². The highest BCUT2D eigenvalue weighted by Gasteiger charge is 2.51. The van der Waals surface area contributed by atoms with Crippen LogP contribution >= 0.6 is 7.82 Å². The van der Waals surface area contributed by atoms with Crippen molar-refractivity contribution in [1.29, 1.82) is 0 Å². The minimum absolute atomic E-state index is 0.0232. The third kappa shape index (κ3) is 31.4. The maximum Gasteiger partial charge on any atom is 0.472 e. The second kappa shape index (κ2) is 39.0. The van der Waals surface area contributed by atoms with E-state index in [1.807, 2.05) is 18.2 Å². The van der Waals surface area contributed by atoms with Crippen molar-refractivity contribution in [2.45, 2.75) is 236 Å². The van der Waals surface area contributed by atoms with Crippen LogP contribution in [-0.2, 0) is 32.7 Å². The second-order valence-corrected chi connectivity index (χ2v) is 18.4. The molecule has 1 fully saturated rings. The number of carbonyl (C=O) groups is 2. The van der Waals surface area contributed by atoms with Crippen molar-refractivity contribution in [3.05, 3.63) is 48.6 Å². The van der Waals surface area contributed by atoms with E-state index < -0.39 is 75.7 Å². The monoisotopic (exact) mass is 915 g/mol. The molecule has 63 heavy (non-hydrogen) atoms. The molecule has 0 spiro atoms. The molecule has 14 heteroatoms. The van der Waals surface area contributed by atoms with Crippen LogP contribution in [0, 0.1) is 0 Å². The Labute approximate surface area is 380 Å². The van der Waals surface area contributed by atoms with Gasteiger partial charge in [0.2, 0.25) is 0 Å². The smallest absolute Gasteiger partial charge is 0.462 e. The molecule has 0 aromatic rings. The van der Waals surface area contributed by atoms with Gasteiger partial charge in [-0.3, -0.25) is 18.6 Å². The van der Waals surface area contributed by atoms with Gasteiger partial charge in [0.05, 0.1) is 6.61 Å². The summed E-state index contributed by atoms with van der Waals surface area (Å²) in [6.45, 7) is 3.24. The van der Waals surface area contributed by atoms with Crippen LogP contribution < -0.4 is 0 Å². The number of phosphoric acid groups is 1. The Bertz CT molecular complexity index is 1290. The van der Waals surface area contributed by atoms with Gasteiger partial charge >= 0.3 is 19.8 Å². The molecule has 0 heterocycles. The van der Waals surface area contributed by atoms with E-state index in [1.165, 1.54) is 109 Å². The van der Waals surface area contributed by atoms with Gasteiger partial charge in [-0.15, -0.1) is 0 Å². The van der Waals surface area contributed by atoms with Crippen LogP contribution in [0.5, 0.6) is 0 Å². The van der Waals surface area contributed by atoms with Gasteiger partial charge in [-0.25, -0.2) is 4.57 Å². The molecule has 4 unspecified atom stereocenters. The van der Waals surface area contributed by atoms with Crippen LogP contribution in [0.2, 0.25) is 0 Å². The lowest BCUT2D eigenvalue weighted by atomic mass is 9.85. The number of aliphatic hydroxyl groups is 5. The summed E-state index contributed by atoms with van der Waals surface area (Å²) in [6, 6.07) is 0. The SMILES string of the molecule is CCCCCC/C=C\C/C=C\C/C=C\C/C=C\CCC(=O)OC(COC(=O)CCCCCCCCCCCCCCCCCCC)COP(=O)(O)OC1[C@H](O)[C@H](O)C(O)[C@H](O)[C@H]1O. The number of rotatable bonds is 40. The zero-order valence-corrected chi connectivity index (χ0v) is 39.8. The molecule has 0 bridgehead atoms. The van der Waals surface area contributed by atoms with Gasteiger partial charge in [-0.1, -0.05) is 184 Å². The normalized spacial score (nSPS) is 22.1. The topological polar surface area (TPSA) is 210 Å². The van der Waals surface area contributed by atoms with Crippen LogP contribution in [-0.4, -0.2) is 98.3 Å². The molecule has 0 aromatic heterocycles. The van der Waals surface area contributed by atoms with Gasteiger partial charge in [0.15, 0.2) is 6.10 Å². The lowest BCUT2D eigenvalue weighted by Gasteiger charge is -2.41. The molecule has 0 aromatic carbocycles. The molecule has 0 amide bonds. The minimum atomic E-state index is -5.14. The van der Waals surface area contributed by atoms with Crippen molar-refractivity contribution in [2.24, 2.45) is 0 Å². The van der Waals surface area contributed by atoms with E-state index in [1.54, 1.807) is 0 Å². The van der Waals surface area contributed by atoms with E-state index in [0.717, 1.165) is 38.5 Å². The van der Waals surface area contributed by atoms with Gasteiger partial charge in [0.1, 0.15) is 43.2 Å². The second-order valence-electron chi connectivity index (χ2n) is 17.0. The van der Waals surface area contributed by atoms with Crippen LogP contribution in [0.4, 0.5) is 0 Å². The van der Waals surface area contributed by atoms with Crippen molar-refractivity contribution in [2.75, 3.05) is 13.2 Å². The molecule has 366 valence electrons. The Morgan fingerprint density at radius 3 is 1.37 bits per heavy atom. The largest absolute Gasteiger partial charge is 0.472 e. The van der Waals surface area contributed by atoms with Crippen molar-refractivity contribution in [3.63, 3.8) is 0 Å². The number of ether oxygens (including phenoxy) is 2. The minimum Gasteiger partial charge on any atom is -0.462 e. The van der Waals surface area contributed by atoms with Crippen LogP contribution in [0.1, 0.15) is 194 Å². The molecule has 1 saturated carbocycles. The van der Waals surface area contributed by atoms with E-state index >= 15 is 0 Å². The maximum atomic E-state index is 12.8. The third-order valence-electron chi connectivity index (χ3n) is 11.2. The molecule has 1 aliphatic rings. The first-order valence-electron chi connectivity index (χ1n) is 24.4. The molecule has 6 N–H and O–H groups in total.